The van der Waals surface area contributed by atoms with Crippen molar-refractivity contribution in [1.82, 2.24) is 5.32 Å². The molecule has 2 heterocycles. The highest BCUT2D eigenvalue weighted by molar-refractivity contribution is 7.98. The van der Waals surface area contributed by atoms with E-state index in [1.807, 2.05) is 11.3 Å². The normalized spacial score (nSPS) is 16.9. The number of hydrogen-bond acceptors (Lipinski definition) is 3. The lowest BCUT2D eigenvalue weighted by molar-refractivity contribution is 0.385. The monoisotopic (exact) mass is 227 g/mol. The van der Waals surface area contributed by atoms with Gasteiger partial charge in [0.1, 0.15) is 0 Å². The molecular formula is C11H17NS2. The molecule has 1 aliphatic heterocycles. The smallest absolute Gasteiger partial charge is 0.0279 e. The third kappa shape index (κ3) is 2.75. The van der Waals surface area contributed by atoms with Gasteiger partial charge in [-0.25, -0.2) is 0 Å². The van der Waals surface area contributed by atoms with Crippen LogP contribution in [0, 0.1) is 5.92 Å². The number of aryl methyl sites for hydroxylation is 1. The average Bonchev–Trinajstić information content (AvgIpc) is 2.57. The molecule has 0 unspecified atom stereocenters. The van der Waals surface area contributed by atoms with E-state index in [-0.39, 0.29) is 0 Å². The van der Waals surface area contributed by atoms with Gasteiger partial charge < -0.3 is 5.32 Å². The Morgan fingerprint density at radius 1 is 1.43 bits per heavy atom. The average molecular weight is 227 g/mol. The molecule has 1 N–H and O–H groups in total. The molecule has 0 saturated carbocycles. The van der Waals surface area contributed by atoms with Gasteiger partial charge in [-0.2, -0.15) is 11.8 Å². The minimum atomic E-state index is 0.936. The molecule has 14 heavy (non-hydrogen) atoms. The molecule has 2 rings (SSSR count). The van der Waals surface area contributed by atoms with Crippen molar-refractivity contribution in [2.75, 3.05) is 18.8 Å². The van der Waals surface area contributed by atoms with Crippen LogP contribution in [0.3, 0.4) is 0 Å². The standard InChI is InChI=1S/C11H17NS2/c1-2-10-3-4-11(14-10)8-13-7-9-5-12-6-9/h3-4,9,12H,2,5-8H2,1H3. The van der Waals surface area contributed by atoms with Gasteiger partial charge in [0.25, 0.3) is 0 Å². The zero-order chi connectivity index (χ0) is 9.80. The zero-order valence-corrected chi connectivity index (χ0v) is 10.2. The topological polar surface area (TPSA) is 12.0 Å². The van der Waals surface area contributed by atoms with Crippen molar-refractivity contribution in [3.8, 4) is 0 Å². The summed E-state index contributed by atoms with van der Waals surface area (Å²) in [5, 5.41) is 3.31. The van der Waals surface area contributed by atoms with E-state index in [4.69, 9.17) is 0 Å². The molecule has 1 aromatic heterocycles. The first-order chi connectivity index (χ1) is 6.88. The first-order valence-corrected chi connectivity index (χ1v) is 7.21. The van der Waals surface area contributed by atoms with Crippen LogP contribution < -0.4 is 5.32 Å². The number of thiophene rings is 1. The number of rotatable bonds is 5. The van der Waals surface area contributed by atoms with Crippen molar-refractivity contribution >= 4 is 23.1 Å². The summed E-state index contributed by atoms with van der Waals surface area (Å²) in [6.07, 6.45) is 1.18. The summed E-state index contributed by atoms with van der Waals surface area (Å²) in [5.74, 6) is 3.47. The van der Waals surface area contributed by atoms with Gasteiger partial charge >= 0.3 is 0 Å². The molecule has 78 valence electrons. The van der Waals surface area contributed by atoms with Crippen LogP contribution in [0.15, 0.2) is 12.1 Å². The highest BCUT2D eigenvalue weighted by atomic mass is 32.2. The third-order valence-electron chi connectivity index (χ3n) is 2.53. The number of thioether (sulfide) groups is 1. The van der Waals surface area contributed by atoms with E-state index in [0.29, 0.717) is 0 Å². The van der Waals surface area contributed by atoms with Gasteiger partial charge in [0.15, 0.2) is 0 Å². The van der Waals surface area contributed by atoms with Crippen molar-refractivity contribution in [1.29, 1.82) is 0 Å². The summed E-state index contributed by atoms with van der Waals surface area (Å²) < 4.78 is 0. The second-order valence-electron chi connectivity index (χ2n) is 3.76. The van der Waals surface area contributed by atoms with Crippen LogP contribution in [0.25, 0.3) is 0 Å². The van der Waals surface area contributed by atoms with Gasteiger partial charge in [0.05, 0.1) is 0 Å². The van der Waals surface area contributed by atoms with E-state index >= 15 is 0 Å². The van der Waals surface area contributed by atoms with Crippen LogP contribution in [0.5, 0.6) is 0 Å². The molecule has 0 aromatic carbocycles. The Labute approximate surface area is 94.3 Å². The van der Waals surface area contributed by atoms with Crippen LogP contribution in [0.2, 0.25) is 0 Å². The molecule has 1 saturated heterocycles. The van der Waals surface area contributed by atoms with Crippen LogP contribution in [0.1, 0.15) is 16.7 Å². The maximum atomic E-state index is 3.31. The summed E-state index contributed by atoms with van der Waals surface area (Å²) in [6, 6.07) is 4.56. The van der Waals surface area contributed by atoms with E-state index in [0.717, 1.165) is 5.92 Å². The van der Waals surface area contributed by atoms with Gasteiger partial charge in [0.2, 0.25) is 0 Å². The minimum absolute atomic E-state index is 0.936. The van der Waals surface area contributed by atoms with Gasteiger partial charge in [-0.15, -0.1) is 11.3 Å². The van der Waals surface area contributed by atoms with E-state index < -0.39 is 0 Å². The van der Waals surface area contributed by atoms with Crippen LogP contribution in [-0.4, -0.2) is 18.8 Å². The highest BCUT2D eigenvalue weighted by Gasteiger charge is 2.15. The van der Waals surface area contributed by atoms with Crippen molar-refractivity contribution in [3.05, 3.63) is 21.9 Å². The second kappa shape index (κ2) is 5.19. The number of hydrogen-bond donors (Lipinski definition) is 1. The molecule has 0 aliphatic carbocycles. The zero-order valence-electron chi connectivity index (χ0n) is 8.58. The predicted octanol–water partition coefficient (Wildman–Crippen LogP) is 2.76. The molecule has 0 bridgehead atoms. The fraction of sp³-hybridized carbons (Fsp3) is 0.636. The third-order valence-corrected chi connectivity index (χ3v) is 5.16. The maximum absolute atomic E-state index is 3.31. The fourth-order valence-electron chi connectivity index (χ4n) is 1.48. The molecule has 1 fully saturated rings. The number of nitrogens with one attached hydrogen (secondary N) is 1. The molecule has 0 amide bonds. The van der Waals surface area contributed by atoms with Gasteiger partial charge in [-0.1, -0.05) is 6.92 Å². The quantitative estimate of drug-likeness (QED) is 0.830. The van der Waals surface area contributed by atoms with E-state index in [1.54, 1.807) is 4.88 Å². The summed E-state index contributed by atoms with van der Waals surface area (Å²) in [4.78, 5) is 3.06. The summed E-state index contributed by atoms with van der Waals surface area (Å²) in [6.45, 7) is 4.69. The highest BCUT2D eigenvalue weighted by Crippen LogP contribution is 2.23. The van der Waals surface area contributed by atoms with E-state index in [1.165, 1.54) is 35.9 Å². The largest absolute Gasteiger partial charge is 0.316 e. The summed E-state index contributed by atoms with van der Waals surface area (Å²) in [7, 11) is 0. The Kier molecular flexibility index (Phi) is 3.90. The first-order valence-electron chi connectivity index (χ1n) is 5.24. The van der Waals surface area contributed by atoms with Crippen molar-refractivity contribution in [2.45, 2.75) is 19.1 Å². The SMILES string of the molecule is CCc1ccc(CSCC2CNC2)s1. The Bertz CT molecular complexity index is 279. The van der Waals surface area contributed by atoms with Gasteiger partial charge in [-0.3, -0.25) is 0 Å². The van der Waals surface area contributed by atoms with Gasteiger partial charge in [0, 0.05) is 15.5 Å². The fourth-order valence-corrected chi connectivity index (χ4v) is 3.71. The molecule has 0 radical (unpaired) electrons. The molecule has 1 nitrogen and oxygen atoms in total. The molecule has 3 heteroatoms. The van der Waals surface area contributed by atoms with Gasteiger partial charge in [-0.05, 0) is 43.3 Å². The van der Waals surface area contributed by atoms with E-state index in [2.05, 4.69) is 36.1 Å². The summed E-state index contributed by atoms with van der Waals surface area (Å²) in [5.41, 5.74) is 0. The second-order valence-corrected chi connectivity index (χ2v) is 6.04. The molecule has 0 spiro atoms. The molecule has 1 aliphatic rings. The first kappa shape index (κ1) is 10.5. The lowest BCUT2D eigenvalue weighted by atomic mass is 10.1. The lowest BCUT2D eigenvalue weighted by Gasteiger charge is -2.26. The Balaban J connectivity index is 1.68. The van der Waals surface area contributed by atoms with Crippen LogP contribution in [-0.2, 0) is 12.2 Å². The Morgan fingerprint density at radius 2 is 2.21 bits per heavy atom. The molecular weight excluding hydrogens is 210 g/mol. The van der Waals surface area contributed by atoms with E-state index in [9.17, 15) is 0 Å². The van der Waals surface area contributed by atoms with Crippen molar-refractivity contribution < 1.29 is 0 Å². The van der Waals surface area contributed by atoms with Crippen LogP contribution in [0.4, 0.5) is 0 Å². The molecule has 0 atom stereocenters. The summed E-state index contributed by atoms with van der Waals surface area (Å²) >= 11 is 4.06. The lowest BCUT2D eigenvalue weighted by Crippen LogP contribution is -2.43. The minimum Gasteiger partial charge on any atom is -0.316 e. The maximum Gasteiger partial charge on any atom is 0.0279 e. The van der Waals surface area contributed by atoms with Crippen molar-refractivity contribution in [2.24, 2.45) is 5.92 Å². The molecule has 1 aromatic rings. The van der Waals surface area contributed by atoms with Crippen LogP contribution >= 0.6 is 23.1 Å². The van der Waals surface area contributed by atoms with Crippen molar-refractivity contribution in [3.63, 3.8) is 0 Å². The Morgan fingerprint density at radius 3 is 2.79 bits per heavy atom. The Hall–Kier alpha value is 0.01000. The predicted molar refractivity (Wildman–Crippen MR) is 66.2 cm³/mol.